The van der Waals surface area contributed by atoms with Crippen LogP contribution in [-0.4, -0.2) is 30.4 Å². The first-order chi connectivity index (χ1) is 5.77. The van der Waals surface area contributed by atoms with E-state index in [0.29, 0.717) is 16.5 Å². The molecule has 0 amide bonds. The Morgan fingerprint density at radius 3 is 2.92 bits per heavy atom. The SMILES string of the molecule is Cn1cc(Cl)c(-c2nnn[nH]2)n1. The molecule has 0 radical (unpaired) electrons. The second kappa shape index (κ2) is 2.56. The number of tetrazole rings is 1. The number of nitrogens with one attached hydrogen (secondary N) is 1. The maximum absolute atomic E-state index is 5.84. The molecule has 0 aliphatic heterocycles. The summed E-state index contributed by atoms with van der Waals surface area (Å²) in [6, 6.07) is 0. The third kappa shape index (κ3) is 1.06. The van der Waals surface area contributed by atoms with Gasteiger partial charge >= 0.3 is 0 Å². The van der Waals surface area contributed by atoms with Crippen LogP contribution in [0.4, 0.5) is 0 Å². The molecule has 7 heteroatoms. The highest BCUT2D eigenvalue weighted by Gasteiger charge is 2.10. The van der Waals surface area contributed by atoms with Crippen LogP contribution in [0, 0.1) is 0 Å². The second-order valence-corrected chi connectivity index (χ2v) is 2.66. The molecule has 6 nitrogen and oxygen atoms in total. The number of hydrogen-bond acceptors (Lipinski definition) is 4. The fourth-order valence-electron chi connectivity index (χ4n) is 0.879. The highest BCUT2D eigenvalue weighted by atomic mass is 35.5. The van der Waals surface area contributed by atoms with Gasteiger partial charge in [0.25, 0.3) is 0 Å². The minimum Gasteiger partial charge on any atom is -0.274 e. The van der Waals surface area contributed by atoms with E-state index in [1.165, 1.54) is 0 Å². The fourth-order valence-corrected chi connectivity index (χ4v) is 1.15. The molecule has 0 fully saturated rings. The van der Waals surface area contributed by atoms with Crippen molar-refractivity contribution in [3.05, 3.63) is 11.2 Å². The van der Waals surface area contributed by atoms with E-state index in [-0.39, 0.29) is 0 Å². The molecule has 0 saturated carbocycles. The highest BCUT2D eigenvalue weighted by Crippen LogP contribution is 2.21. The van der Waals surface area contributed by atoms with Crippen molar-refractivity contribution in [1.82, 2.24) is 30.4 Å². The van der Waals surface area contributed by atoms with Crippen LogP contribution in [0.5, 0.6) is 0 Å². The molecule has 1 N–H and O–H groups in total. The van der Waals surface area contributed by atoms with Crippen LogP contribution < -0.4 is 0 Å². The van der Waals surface area contributed by atoms with Gasteiger partial charge in [0.15, 0.2) is 0 Å². The van der Waals surface area contributed by atoms with Crippen LogP contribution in [0.25, 0.3) is 11.5 Å². The summed E-state index contributed by atoms with van der Waals surface area (Å²) in [5, 5.41) is 17.7. The van der Waals surface area contributed by atoms with Gasteiger partial charge < -0.3 is 0 Å². The zero-order valence-corrected chi connectivity index (χ0v) is 6.95. The maximum Gasteiger partial charge on any atom is 0.201 e. The van der Waals surface area contributed by atoms with E-state index < -0.39 is 0 Å². The normalized spacial score (nSPS) is 10.5. The quantitative estimate of drug-likeness (QED) is 0.690. The number of H-pyrrole nitrogens is 1. The largest absolute Gasteiger partial charge is 0.274 e. The third-order valence-corrected chi connectivity index (χ3v) is 1.63. The molecule has 0 saturated heterocycles. The molecular formula is C5H5ClN6. The monoisotopic (exact) mass is 184 g/mol. The molecule has 0 unspecified atom stereocenters. The Hall–Kier alpha value is -1.43. The standard InChI is InChI=1S/C5H5ClN6/c1-12-2-3(6)4(9-12)5-7-10-11-8-5/h2H,1H3,(H,7,8,10,11). The van der Waals surface area contributed by atoms with Crippen LogP contribution >= 0.6 is 11.6 Å². The van der Waals surface area contributed by atoms with Crippen molar-refractivity contribution < 1.29 is 0 Å². The van der Waals surface area contributed by atoms with E-state index in [1.54, 1.807) is 17.9 Å². The number of aromatic amines is 1. The zero-order valence-electron chi connectivity index (χ0n) is 6.19. The summed E-state index contributed by atoms with van der Waals surface area (Å²) in [6.45, 7) is 0. The van der Waals surface area contributed by atoms with E-state index in [1.807, 2.05) is 0 Å². The van der Waals surface area contributed by atoms with Gasteiger partial charge in [-0.1, -0.05) is 11.6 Å². The van der Waals surface area contributed by atoms with Gasteiger partial charge in [-0.2, -0.15) is 5.10 Å². The van der Waals surface area contributed by atoms with Crippen LogP contribution in [0.2, 0.25) is 5.02 Å². The van der Waals surface area contributed by atoms with Gasteiger partial charge in [0, 0.05) is 13.2 Å². The van der Waals surface area contributed by atoms with Crippen molar-refractivity contribution in [2.45, 2.75) is 0 Å². The van der Waals surface area contributed by atoms with E-state index in [0.717, 1.165) is 0 Å². The van der Waals surface area contributed by atoms with Crippen molar-refractivity contribution in [1.29, 1.82) is 0 Å². The molecule has 2 aromatic rings. The van der Waals surface area contributed by atoms with Gasteiger partial charge in [0.2, 0.25) is 5.82 Å². The maximum atomic E-state index is 5.84. The number of hydrogen-bond donors (Lipinski definition) is 1. The summed E-state index contributed by atoms with van der Waals surface area (Å²) < 4.78 is 1.60. The molecule has 12 heavy (non-hydrogen) atoms. The average molecular weight is 185 g/mol. The first kappa shape index (κ1) is 7.23. The molecule has 0 aromatic carbocycles. The Morgan fingerprint density at radius 2 is 2.42 bits per heavy atom. The predicted octanol–water partition coefficient (Wildman–Crippen LogP) is 0.254. The first-order valence-corrected chi connectivity index (χ1v) is 3.58. The molecular weight excluding hydrogens is 180 g/mol. The molecule has 2 aromatic heterocycles. The second-order valence-electron chi connectivity index (χ2n) is 2.25. The lowest BCUT2D eigenvalue weighted by molar-refractivity contribution is 0.769. The van der Waals surface area contributed by atoms with Crippen molar-refractivity contribution in [2.24, 2.45) is 7.05 Å². The molecule has 0 bridgehead atoms. The summed E-state index contributed by atoms with van der Waals surface area (Å²) in [5.74, 6) is 0.473. The van der Waals surface area contributed by atoms with Crippen LogP contribution in [0.1, 0.15) is 0 Å². The van der Waals surface area contributed by atoms with E-state index in [2.05, 4.69) is 25.7 Å². The zero-order chi connectivity index (χ0) is 8.55. The minimum absolute atomic E-state index is 0.473. The van der Waals surface area contributed by atoms with Gasteiger partial charge in [-0.15, -0.1) is 5.10 Å². The Morgan fingerprint density at radius 1 is 1.58 bits per heavy atom. The lowest BCUT2D eigenvalue weighted by atomic mass is 10.4. The molecule has 0 atom stereocenters. The Balaban J connectivity index is 2.54. The summed E-state index contributed by atoms with van der Waals surface area (Å²) in [4.78, 5) is 0. The van der Waals surface area contributed by atoms with Crippen LogP contribution in [0.3, 0.4) is 0 Å². The smallest absolute Gasteiger partial charge is 0.201 e. The van der Waals surface area contributed by atoms with E-state index in [9.17, 15) is 0 Å². The Labute approximate surface area is 72.5 Å². The Bertz CT molecular complexity index is 377. The summed E-state index contributed by atoms with van der Waals surface area (Å²) in [6.07, 6.45) is 1.68. The van der Waals surface area contributed by atoms with Crippen molar-refractivity contribution in [2.75, 3.05) is 0 Å². The van der Waals surface area contributed by atoms with Gasteiger partial charge in [0.05, 0.1) is 5.02 Å². The summed E-state index contributed by atoms with van der Waals surface area (Å²) >= 11 is 5.84. The van der Waals surface area contributed by atoms with Gasteiger partial charge in [-0.25, -0.2) is 5.10 Å². The lowest BCUT2D eigenvalue weighted by Crippen LogP contribution is -1.88. The van der Waals surface area contributed by atoms with Crippen molar-refractivity contribution in [3.8, 4) is 11.5 Å². The lowest BCUT2D eigenvalue weighted by Gasteiger charge is -1.85. The number of aryl methyl sites for hydroxylation is 1. The molecule has 0 spiro atoms. The Kier molecular flexibility index (Phi) is 1.54. The molecule has 62 valence electrons. The molecule has 2 rings (SSSR count). The highest BCUT2D eigenvalue weighted by molar-refractivity contribution is 6.32. The molecule has 0 aliphatic rings. The summed E-state index contributed by atoms with van der Waals surface area (Å²) in [7, 11) is 1.78. The summed E-state index contributed by atoms with van der Waals surface area (Å²) in [5.41, 5.74) is 0.559. The number of nitrogens with zero attached hydrogens (tertiary/aromatic N) is 5. The van der Waals surface area contributed by atoms with E-state index in [4.69, 9.17) is 11.6 Å². The topological polar surface area (TPSA) is 72.3 Å². The number of rotatable bonds is 1. The number of aromatic nitrogens is 6. The van der Waals surface area contributed by atoms with Gasteiger partial charge in [0.1, 0.15) is 5.69 Å². The number of halogens is 1. The van der Waals surface area contributed by atoms with Gasteiger partial charge in [-0.05, 0) is 10.4 Å². The molecule has 2 heterocycles. The van der Waals surface area contributed by atoms with Gasteiger partial charge in [-0.3, -0.25) is 4.68 Å². The van der Waals surface area contributed by atoms with Crippen molar-refractivity contribution >= 4 is 11.6 Å². The van der Waals surface area contributed by atoms with Crippen LogP contribution in [-0.2, 0) is 7.05 Å². The minimum atomic E-state index is 0.473. The van der Waals surface area contributed by atoms with Crippen LogP contribution in [0.15, 0.2) is 6.20 Å². The van der Waals surface area contributed by atoms with Crippen molar-refractivity contribution in [3.63, 3.8) is 0 Å². The first-order valence-electron chi connectivity index (χ1n) is 3.20. The predicted molar refractivity (Wildman–Crippen MR) is 41.4 cm³/mol. The molecule has 0 aliphatic carbocycles. The fraction of sp³-hybridized carbons (Fsp3) is 0.200. The van der Waals surface area contributed by atoms with E-state index >= 15 is 0 Å². The third-order valence-electron chi connectivity index (χ3n) is 1.35. The average Bonchev–Trinajstić information content (AvgIpc) is 2.58.